The van der Waals surface area contributed by atoms with Crippen molar-refractivity contribution in [3.8, 4) is 0 Å². The Kier molecular flexibility index (Phi) is 6.44. The van der Waals surface area contributed by atoms with E-state index < -0.39 is 0 Å². The van der Waals surface area contributed by atoms with Crippen molar-refractivity contribution in [1.29, 1.82) is 0 Å². The third-order valence-electron chi connectivity index (χ3n) is 3.37. The van der Waals surface area contributed by atoms with Crippen molar-refractivity contribution in [3.63, 3.8) is 0 Å². The molecule has 1 aromatic carbocycles. The maximum Gasteiger partial charge on any atom is 0.234 e. The highest BCUT2D eigenvalue weighted by Gasteiger charge is 2.26. The van der Waals surface area contributed by atoms with Gasteiger partial charge in [-0.15, -0.1) is 11.8 Å². The highest BCUT2D eigenvalue weighted by atomic mass is 32.2. The largest absolute Gasteiger partial charge is 0.383 e. The van der Waals surface area contributed by atoms with Gasteiger partial charge < -0.3 is 15.4 Å². The van der Waals surface area contributed by atoms with E-state index in [0.717, 1.165) is 16.8 Å². The lowest BCUT2D eigenvalue weighted by molar-refractivity contribution is -0.124. The number of amides is 2. The van der Waals surface area contributed by atoms with Crippen molar-refractivity contribution in [2.75, 3.05) is 24.8 Å². The number of carbonyl (C=O) groups excluding carboxylic acids is 2. The molecule has 1 aliphatic rings. The Bertz CT molecular complexity index is 559. The van der Waals surface area contributed by atoms with Crippen LogP contribution in [0.5, 0.6) is 0 Å². The van der Waals surface area contributed by atoms with Crippen LogP contribution in [0.15, 0.2) is 18.2 Å². The Hall–Kier alpha value is -1.57. The highest BCUT2D eigenvalue weighted by Crippen LogP contribution is 2.16. The summed E-state index contributed by atoms with van der Waals surface area (Å²) in [6.07, 6.45) is 0.389. The van der Waals surface area contributed by atoms with Gasteiger partial charge in [-0.1, -0.05) is 6.07 Å². The molecule has 126 valence electrons. The zero-order valence-electron chi connectivity index (χ0n) is 13.6. The van der Waals surface area contributed by atoms with Gasteiger partial charge >= 0.3 is 0 Å². The molecule has 2 atom stereocenters. The van der Waals surface area contributed by atoms with E-state index >= 15 is 0 Å². The minimum absolute atomic E-state index is 0.0197. The van der Waals surface area contributed by atoms with Crippen LogP contribution in [0.4, 0.5) is 5.69 Å². The lowest BCUT2D eigenvalue weighted by Crippen LogP contribution is -2.56. The molecule has 0 aromatic heterocycles. The van der Waals surface area contributed by atoms with E-state index in [1.807, 2.05) is 26.0 Å². The van der Waals surface area contributed by atoms with Crippen LogP contribution in [0.3, 0.4) is 0 Å². The summed E-state index contributed by atoms with van der Waals surface area (Å²) in [5, 5.41) is 8.95. The van der Waals surface area contributed by atoms with Crippen molar-refractivity contribution in [2.45, 2.75) is 31.8 Å². The Morgan fingerprint density at radius 1 is 1.35 bits per heavy atom. The number of benzene rings is 1. The van der Waals surface area contributed by atoms with Gasteiger partial charge in [0, 0.05) is 25.3 Å². The van der Waals surface area contributed by atoms with Crippen LogP contribution in [0.25, 0.3) is 0 Å². The number of ether oxygens (including phenoxy) is 1. The first-order chi connectivity index (χ1) is 11.0. The fourth-order valence-electron chi connectivity index (χ4n) is 2.54. The van der Waals surface area contributed by atoms with Crippen LogP contribution in [0, 0.1) is 13.8 Å². The number of aryl methyl sites for hydroxylation is 2. The maximum absolute atomic E-state index is 12.1. The van der Waals surface area contributed by atoms with Gasteiger partial charge in [0.1, 0.15) is 5.50 Å². The molecule has 3 N–H and O–H groups in total. The third-order valence-corrected chi connectivity index (χ3v) is 4.38. The van der Waals surface area contributed by atoms with E-state index in [4.69, 9.17) is 4.74 Å². The molecule has 1 fully saturated rings. The average Bonchev–Trinajstić information content (AvgIpc) is 2.44. The molecule has 7 heteroatoms. The average molecular weight is 337 g/mol. The monoisotopic (exact) mass is 337 g/mol. The number of hydrogen-bond donors (Lipinski definition) is 3. The second kappa shape index (κ2) is 8.33. The number of thioether (sulfide) groups is 1. The standard InChI is InChI=1S/C16H23N3O3S/c1-10-4-11(2)6-12(5-10)17-15(21)9-23-16-18-13(8-22-3)7-14(20)19-16/h4-6,13,16,18H,7-9H2,1-3H3,(H,17,21)(H,19,20). The van der Waals surface area contributed by atoms with Crippen LogP contribution < -0.4 is 16.0 Å². The van der Waals surface area contributed by atoms with Crippen molar-refractivity contribution >= 4 is 29.3 Å². The molecule has 1 aromatic rings. The number of nitrogens with one attached hydrogen (secondary N) is 3. The Labute approximate surface area is 140 Å². The molecule has 2 amide bonds. The van der Waals surface area contributed by atoms with Gasteiger partial charge in [0.2, 0.25) is 11.8 Å². The van der Waals surface area contributed by atoms with Gasteiger partial charge in [-0.2, -0.15) is 0 Å². The molecule has 2 rings (SSSR count). The van der Waals surface area contributed by atoms with Crippen molar-refractivity contribution in [2.24, 2.45) is 0 Å². The van der Waals surface area contributed by atoms with Gasteiger partial charge in [-0.3, -0.25) is 14.9 Å². The summed E-state index contributed by atoms with van der Waals surface area (Å²) in [5.74, 6) is 0.132. The molecule has 2 unspecified atom stereocenters. The van der Waals surface area contributed by atoms with Gasteiger partial charge in [-0.25, -0.2) is 0 Å². The van der Waals surface area contributed by atoms with Gasteiger partial charge in [0.15, 0.2) is 0 Å². The molecular weight excluding hydrogens is 314 g/mol. The summed E-state index contributed by atoms with van der Waals surface area (Å²) >= 11 is 1.36. The fourth-order valence-corrected chi connectivity index (χ4v) is 3.44. The molecule has 0 saturated carbocycles. The van der Waals surface area contributed by atoms with E-state index in [1.54, 1.807) is 7.11 Å². The predicted molar refractivity (Wildman–Crippen MR) is 92.4 cm³/mol. The zero-order valence-corrected chi connectivity index (χ0v) is 14.5. The summed E-state index contributed by atoms with van der Waals surface area (Å²) in [7, 11) is 1.60. The molecule has 0 spiro atoms. The summed E-state index contributed by atoms with van der Waals surface area (Å²) in [5.41, 5.74) is 2.74. The second-order valence-corrected chi connectivity index (χ2v) is 6.80. The summed E-state index contributed by atoms with van der Waals surface area (Å²) in [6, 6.07) is 5.91. The van der Waals surface area contributed by atoms with E-state index in [0.29, 0.717) is 13.0 Å². The topological polar surface area (TPSA) is 79.5 Å². The Morgan fingerprint density at radius 2 is 2.04 bits per heavy atom. The molecule has 1 aliphatic heterocycles. The number of carbonyl (C=O) groups is 2. The number of anilines is 1. The molecule has 1 heterocycles. The predicted octanol–water partition coefficient (Wildman–Crippen LogP) is 1.38. The van der Waals surface area contributed by atoms with Gasteiger partial charge in [-0.05, 0) is 37.1 Å². The van der Waals surface area contributed by atoms with Crippen LogP contribution >= 0.6 is 11.8 Å². The summed E-state index contributed by atoms with van der Waals surface area (Å²) in [4.78, 5) is 23.7. The lowest BCUT2D eigenvalue weighted by atomic mass is 10.1. The molecule has 6 nitrogen and oxygen atoms in total. The molecule has 0 aliphatic carbocycles. The zero-order chi connectivity index (χ0) is 16.8. The Balaban J connectivity index is 1.82. The molecule has 23 heavy (non-hydrogen) atoms. The maximum atomic E-state index is 12.1. The first kappa shape index (κ1) is 17.8. The van der Waals surface area contributed by atoms with Crippen molar-refractivity contribution < 1.29 is 14.3 Å². The van der Waals surface area contributed by atoms with Crippen molar-refractivity contribution in [1.82, 2.24) is 10.6 Å². The first-order valence-electron chi connectivity index (χ1n) is 7.50. The normalized spacial score (nSPS) is 20.9. The number of methoxy groups -OCH3 is 1. The SMILES string of the molecule is COCC1CC(=O)NC(SCC(=O)Nc2cc(C)cc(C)c2)N1. The Morgan fingerprint density at radius 3 is 2.70 bits per heavy atom. The van der Waals surface area contributed by atoms with E-state index in [2.05, 4.69) is 22.0 Å². The molecule has 0 bridgehead atoms. The second-order valence-electron chi connectivity index (χ2n) is 5.71. The van der Waals surface area contributed by atoms with Crippen LogP contribution in [-0.4, -0.2) is 42.8 Å². The van der Waals surface area contributed by atoms with Crippen LogP contribution in [0.2, 0.25) is 0 Å². The minimum Gasteiger partial charge on any atom is -0.383 e. The number of hydrogen-bond acceptors (Lipinski definition) is 5. The third kappa shape index (κ3) is 5.85. The molecule has 1 saturated heterocycles. The summed E-state index contributed by atoms with van der Waals surface area (Å²) < 4.78 is 5.07. The first-order valence-corrected chi connectivity index (χ1v) is 8.55. The van der Waals surface area contributed by atoms with E-state index in [-0.39, 0.29) is 29.1 Å². The van der Waals surface area contributed by atoms with Gasteiger partial charge in [0.05, 0.1) is 12.4 Å². The van der Waals surface area contributed by atoms with Gasteiger partial charge in [0.25, 0.3) is 0 Å². The van der Waals surface area contributed by atoms with E-state index in [1.165, 1.54) is 11.8 Å². The van der Waals surface area contributed by atoms with Crippen molar-refractivity contribution in [3.05, 3.63) is 29.3 Å². The highest BCUT2D eigenvalue weighted by molar-refractivity contribution is 8.00. The minimum atomic E-state index is -0.276. The van der Waals surface area contributed by atoms with Crippen LogP contribution in [0.1, 0.15) is 17.5 Å². The van der Waals surface area contributed by atoms with Crippen LogP contribution in [-0.2, 0) is 14.3 Å². The number of rotatable bonds is 6. The lowest BCUT2D eigenvalue weighted by Gasteiger charge is -2.30. The van der Waals surface area contributed by atoms with E-state index in [9.17, 15) is 9.59 Å². The molecular formula is C16H23N3O3S. The smallest absolute Gasteiger partial charge is 0.234 e. The summed E-state index contributed by atoms with van der Waals surface area (Å²) in [6.45, 7) is 4.46. The fraction of sp³-hybridized carbons (Fsp3) is 0.500. The molecule has 0 radical (unpaired) electrons. The quantitative estimate of drug-likeness (QED) is 0.731.